The zero-order valence-electron chi connectivity index (χ0n) is 18.8. The fourth-order valence-electron chi connectivity index (χ4n) is 6.14. The number of benzene rings is 1. The number of ether oxygens (including phenoxy) is 3. The monoisotopic (exact) mass is 431 g/mol. The molecule has 7 nitrogen and oxygen atoms in total. The molecule has 4 aliphatic heterocycles. The van der Waals surface area contributed by atoms with E-state index in [1.54, 1.807) is 7.05 Å². The largest absolute Gasteiger partial charge is 0.355 e. The Balaban J connectivity index is 1.34. The molecule has 1 aromatic rings. The van der Waals surface area contributed by atoms with Crippen molar-refractivity contribution in [3.05, 3.63) is 35.4 Å². The van der Waals surface area contributed by atoms with Gasteiger partial charge in [-0.2, -0.15) is 0 Å². The van der Waals surface area contributed by atoms with E-state index >= 15 is 0 Å². The number of fused-ring (bicyclic) bond motifs is 2. The van der Waals surface area contributed by atoms with E-state index in [4.69, 9.17) is 24.0 Å². The van der Waals surface area contributed by atoms with Gasteiger partial charge in [-0.1, -0.05) is 26.0 Å². The van der Waals surface area contributed by atoms with Gasteiger partial charge in [0.25, 0.3) is 5.91 Å². The Morgan fingerprint density at radius 1 is 1.13 bits per heavy atom. The fourth-order valence-corrected chi connectivity index (χ4v) is 6.14. The Morgan fingerprint density at radius 3 is 2.65 bits per heavy atom. The molecule has 0 aromatic heterocycles. The quantitative estimate of drug-likeness (QED) is 0.732. The molecular weight excluding hydrogens is 398 g/mol. The van der Waals surface area contributed by atoms with E-state index in [0.29, 0.717) is 24.0 Å². The van der Waals surface area contributed by atoms with Gasteiger partial charge in [-0.25, -0.2) is 9.78 Å². The van der Waals surface area contributed by atoms with Gasteiger partial charge in [-0.3, -0.25) is 4.79 Å². The first-order valence-electron chi connectivity index (χ1n) is 11.5. The summed E-state index contributed by atoms with van der Waals surface area (Å²) in [6.07, 6.45) is 3.14. The van der Waals surface area contributed by atoms with Crippen molar-refractivity contribution in [2.45, 2.75) is 77.0 Å². The van der Waals surface area contributed by atoms with Crippen molar-refractivity contribution >= 4 is 5.91 Å². The van der Waals surface area contributed by atoms with Crippen molar-refractivity contribution in [3.63, 3.8) is 0 Å². The Labute approximate surface area is 183 Å². The van der Waals surface area contributed by atoms with Gasteiger partial charge in [0.2, 0.25) is 5.79 Å². The smallest absolute Gasteiger partial charge is 0.251 e. The third-order valence-corrected chi connectivity index (χ3v) is 7.95. The van der Waals surface area contributed by atoms with Crippen molar-refractivity contribution in [2.24, 2.45) is 23.7 Å². The lowest BCUT2D eigenvalue weighted by atomic mass is 9.58. The minimum atomic E-state index is -0.779. The predicted molar refractivity (Wildman–Crippen MR) is 111 cm³/mol. The number of nitrogens with one attached hydrogen (secondary N) is 1. The third-order valence-electron chi connectivity index (χ3n) is 7.95. The Bertz CT molecular complexity index is 830. The van der Waals surface area contributed by atoms with Crippen LogP contribution in [0.25, 0.3) is 0 Å². The van der Waals surface area contributed by atoms with E-state index in [1.165, 1.54) is 6.42 Å². The number of carbonyl (C=O) groups is 1. The molecule has 7 heteroatoms. The number of rotatable bonds is 4. The van der Waals surface area contributed by atoms with E-state index in [9.17, 15) is 4.79 Å². The van der Waals surface area contributed by atoms with Crippen LogP contribution >= 0.6 is 0 Å². The summed E-state index contributed by atoms with van der Waals surface area (Å²) in [6.45, 7) is 6.84. The molecule has 1 amide bonds. The van der Waals surface area contributed by atoms with Crippen LogP contribution in [0.2, 0.25) is 0 Å². The minimum Gasteiger partial charge on any atom is -0.355 e. The molecule has 1 saturated carbocycles. The second kappa shape index (κ2) is 7.81. The standard InChI is InChI=1S/C24H33NO6/c1-14-5-10-19-15(2)21(27-13-16-6-8-17(9-7-16)20(26)25-4)28-22-24(19)18(14)11-12-23(3,29-22)30-31-24/h6-9,14-15,18-19,21-22H,5,10-13H2,1-4H3,(H,25,26)/t14?,15?,18?,19?,21?,22-,23+,24?/m1/s1. The Hall–Kier alpha value is -1.51. The van der Waals surface area contributed by atoms with E-state index in [2.05, 4.69) is 19.2 Å². The van der Waals surface area contributed by atoms with Crippen LogP contribution in [0.1, 0.15) is 62.4 Å². The second-order valence-corrected chi connectivity index (χ2v) is 9.86. The van der Waals surface area contributed by atoms with Crippen LogP contribution in [0.5, 0.6) is 0 Å². The first-order chi connectivity index (χ1) is 14.9. The molecule has 1 aromatic carbocycles. The summed E-state index contributed by atoms with van der Waals surface area (Å²) >= 11 is 0. The highest BCUT2D eigenvalue weighted by molar-refractivity contribution is 5.93. The summed E-state index contributed by atoms with van der Waals surface area (Å²) in [6, 6.07) is 7.45. The van der Waals surface area contributed by atoms with E-state index in [1.807, 2.05) is 31.2 Å². The highest BCUT2D eigenvalue weighted by Crippen LogP contribution is 2.60. The lowest BCUT2D eigenvalue weighted by molar-refractivity contribution is -0.577. The molecule has 4 saturated heterocycles. The summed E-state index contributed by atoms with van der Waals surface area (Å²) < 4.78 is 19.1. The first-order valence-corrected chi connectivity index (χ1v) is 11.5. The van der Waals surface area contributed by atoms with Crippen molar-refractivity contribution in [1.29, 1.82) is 0 Å². The van der Waals surface area contributed by atoms with Gasteiger partial charge in [0, 0.05) is 30.9 Å². The maximum atomic E-state index is 11.7. The molecular formula is C24H33NO6. The Kier molecular flexibility index (Phi) is 5.38. The van der Waals surface area contributed by atoms with Crippen LogP contribution in [0, 0.1) is 23.7 Å². The summed E-state index contributed by atoms with van der Waals surface area (Å²) in [5, 5.41) is 2.63. The van der Waals surface area contributed by atoms with Crippen LogP contribution in [0.3, 0.4) is 0 Å². The van der Waals surface area contributed by atoms with Gasteiger partial charge in [-0.05, 0) is 55.7 Å². The highest BCUT2D eigenvalue weighted by Gasteiger charge is 2.69. The minimum absolute atomic E-state index is 0.0978. The van der Waals surface area contributed by atoms with Crippen molar-refractivity contribution in [1.82, 2.24) is 5.32 Å². The molecule has 31 heavy (non-hydrogen) atoms. The average Bonchev–Trinajstić information content (AvgIpc) is 3.01. The summed E-state index contributed by atoms with van der Waals surface area (Å²) in [5.41, 5.74) is 1.06. The Morgan fingerprint density at radius 2 is 1.90 bits per heavy atom. The van der Waals surface area contributed by atoms with E-state index < -0.39 is 17.7 Å². The molecule has 4 heterocycles. The molecule has 1 spiro atoms. The highest BCUT2D eigenvalue weighted by atomic mass is 17.3. The fraction of sp³-hybridized carbons (Fsp3) is 0.708. The topological polar surface area (TPSA) is 75.3 Å². The van der Waals surface area contributed by atoms with Crippen LogP contribution in [-0.2, 0) is 30.6 Å². The van der Waals surface area contributed by atoms with E-state index in [-0.39, 0.29) is 24.0 Å². The molecule has 6 rings (SSSR count). The molecule has 8 atom stereocenters. The summed E-state index contributed by atoms with van der Waals surface area (Å²) in [5.74, 6) is 0.402. The number of amides is 1. The first kappa shape index (κ1) is 21.3. The molecule has 1 N–H and O–H groups in total. The number of carbonyl (C=O) groups excluding carboxylic acids is 1. The lowest BCUT2D eigenvalue weighted by Gasteiger charge is -2.60. The van der Waals surface area contributed by atoms with Gasteiger partial charge in [0.15, 0.2) is 18.2 Å². The van der Waals surface area contributed by atoms with Crippen molar-refractivity contribution in [3.8, 4) is 0 Å². The zero-order chi connectivity index (χ0) is 21.8. The second-order valence-electron chi connectivity index (χ2n) is 9.86. The molecule has 6 unspecified atom stereocenters. The van der Waals surface area contributed by atoms with Crippen LogP contribution in [0.4, 0.5) is 0 Å². The summed E-state index contributed by atoms with van der Waals surface area (Å²) in [4.78, 5) is 23.8. The van der Waals surface area contributed by atoms with Crippen LogP contribution in [0.15, 0.2) is 24.3 Å². The van der Waals surface area contributed by atoms with Gasteiger partial charge < -0.3 is 19.5 Å². The van der Waals surface area contributed by atoms with E-state index in [0.717, 1.165) is 24.8 Å². The molecule has 2 bridgehead atoms. The van der Waals surface area contributed by atoms with Gasteiger partial charge in [0.1, 0.15) is 0 Å². The molecule has 5 fully saturated rings. The predicted octanol–water partition coefficient (Wildman–Crippen LogP) is 3.77. The zero-order valence-corrected chi connectivity index (χ0v) is 18.8. The molecule has 0 radical (unpaired) electrons. The lowest BCUT2D eigenvalue weighted by Crippen LogP contribution is -2.70. The third kappa shape index (κ3) is 3.42. The van der Waals surface area contributed by atoms with Crippen LogP contribution < -0.4 is 5.32 Å². The number of hydrogen-bond donors (Lipinski definition) is 1. The molecule has 5 aliphatic rings. The maximum Gasteiger partial charge on any atom is 0.251 e. The normalized spacial score (nSPS) is 43.7. The average molecular weight is 432 g/mol. The van der Waals surface area contributed by atoms with Gasteiger partial charge >= 0.3 is 0 Å². The van der Waals surface area contributed by atoms with Crippen molar-refractivity contribution < 1.29 is 28.8 Å². The SMILES string of the molecule is CNC(=O)c1ccc(COC2O[C@@H]3O[C@]4(C)CCC5C(C)CCC(C2C)C53OO4)cc1. The number of hydrogen-bond acceptors (Lipinski definition) is 6. The van der Waals surface area contributed by atoms with Crippen molar-refractivity contribution in [2.75, 3.05) is 7.05 Å². The van der Waals surface area contributed by atoms with Gasteiger partial charge in [-0.15, -0.1) is 0 Å². The van der Waals surface area contributed by atoms with Crippen LogP contribution in [-0.4, -0.2) is 36.9 Å². The van der Waals surface area contributed by atoms with Gasteiger partial charge in [0.05, 0.1) is 6.61 Å². The summed E-state index contributed by atoms with van der Waals surface area (Å²) in [7, 11) is 1.63. The molecule has 1 aliphatic carbocycles. The molecule has 170 valence electrons. The maximum absolute atomic E-state index is 11.7.